The second-order valence-corrected chi connectivity index (χ2v) is 4.75. The number of rotatable bonds is 5. The van der Waals surface area contributed by atoms with Crippen molar-refractivity contribution in [3.8, 4) is 5.75 Å². The SMILES string of the molecule is OCC(COc1ccc(F)cc1)C1CCCC1. The lowest BCUT2D eigenvalue weighted by Gasteiger charge is -2.21. The maximum absolute atomic E-state index is 12.7. The topological polar surface area (TPSA) is 29.5 Å². The summed E-state index contributed by atoms with van der Waals surface area (Å²) < 4.78 is 18.3. The fraction of sp³-hybridized carbons (Fsp3) is 0.571. The molecule has 1 fully saturated rings. The van der Waals surface area contributed by atoms with E-state index < -0.39 is 0 Å². The fourth-order valence-electron chi connectivity index (χ4n) is 2.50. The van der Waals surface area contributed by atoms with Gasteiger partial charge in [0.05, 0.1) is 6.61 Å². The summed E-state index contributed by atoms with van der Waals surface area (Å²) in [6.07, 6.45) is 4.91. The van der Waals surface area contributed by atoms with Crippen LogP contribution < -0.4 is 4.74 Å². The predicted octanol–water partition coefficient (Wildman–Crippen LogP) is 3.00. The third kappa shape index (κ3) is 3.43. The van der Waals surface area contributed by atoms with Crippen LogP contribution in [0.3, 0.4) is 0 Å². The molecule has 3 heteroatoms. The molecule has 0 bridgehead atoms. The number of aliphatic hydroxyl groups is 1. The van der Waals surface area contributed by atoms with E-state index in [1.54, 1.807) is 12.1 Å². The minimum Gasteiger partial charge on any atom is -0.493 e. The van der Waals surface area contributed by atoms with E-state index in [9.17, 15) is 9.50 Å². The van der Waals surface area contributed by atoms with Crippen LogP contribution in [-0.2, 0) is 0 Å². The largest absolute Gasteiger partial charge is 0.493 e. The van der Waals surface area contributed by atoms with E-state index in [0.29, 0.717) is 18.3 Å². The van der Waals surface area contributed by atoms with Crippen LogP contribution in [-0.4, -0.2) is 18.3 Å². The van der Waals surface area contributed by atoms with E-state index in [2.05, 4.69) is 0 Å². The van der Waals surface area contributed by atoms with Crippen molar-refractivity contribution in [2.45, 2.75) is 25.7 Å². The van der Waals surface area contributed by atoms with Gasteiger partial charge in [0.1, 0.15) is 11.6 Å². The average Bonchev–Trinajstić information content (AvgIpc) is 2.86. The summed E-state index contributed by atoms with van der Waals surface area (Å²) in [6.45, 7) is 0.693. The van der Waals surface area contributed by atoms with E-state index in [0.717, 1.165) is 0 Å². The number of ether oxygens (including phenoxy) is 1. The average molecular weight is 238 g/mol. The van der Waals surface area contributed by atoms with E-state index in [1.807, 2.05) is 0 Å². The Morgan fingerprint density at radius 2 is 1.88 bits per heavy atom. The Bertz CT molecular complexity index is 331. The Morgan fingerprint density at radius 3 is 2.47 bits per heavy atom. The highest BCUT2D eigenvalue weighted by Gasteiger charge is 2.24. The third-order valence-electron chi connectivity index (χ3n) is 3.58. The lowest BCUT2D eigenvalue weighted by Crippen LogP contribution is -2.23. The van der Waals surface area contributed by atoms with Gasteiger partial charge in [-0.2, -0.15) is 0 Å². The molecule has 0 amide bonds. The quantitative estimate of drug-likeness (QED) is 0.854. The second kappa shape index (κ2) is 6.01. The van der Waals surface area contributed by atoms with Crippen molar-refractivity contribution < 1.29 is 14.2 Å². The minimum absolute atomic E-state index is 0.172. The molecule has 1 saturated carbocycles. The zero-order valence-corrected chi connectivity index (χ0v) is 9.94. The molecular formula is C14H19FO2. The van der Waals surface area contributed by atoms with Crippen molar-refractivity contribution in [2.24, 2.45) is 11.8 Å². The van der Waals surface area contributed by atoms with Crippen LogP contribution >= 0.6 is 0 Å². The number of aliphatic hydroxyl groups excluding tert-OH is 1. The van der Waals surface area contributed by atoms with E-state index in [-0.39, 0.29) is 18.3 Å². The van der Waals surface area contributed by atoms with Crippen molar-refractivity contribution in [3.63, 3.8) is 0 Å². The molecule has 1 N–H and O–H groups in total. The molecule has 0 spiro atoms. The summed E-state index contributed by atoms with van der Waals surface area (Å²) >= 11 is 0. The lowest BCUT2D eigenvalue weighted by molar-refractivity contribution is 0.119. The van der Waals surface area contributed by atoms with Crippen LogP contribution in [0.5, 0.6) is 5.75 Å². The highest BCUT2D eigenvalue weighted by Crippen LogP contribution is 2.31. The molecule has 94 valence electrons. The van der Waals surface area contributed by atoms with Gasteiger partial charge in [0.2, 0.25) is 0 Å². The van der Waals surface area contributed by atoms with Crippen LogP contribution in [0, 0.1) is 17.7 Å². The maximum Gasteiger partial charge on any atom is 0.123 e. The Morgan fingerprint density at radius 1 is 1.24 bits per heavy atom. The summed E-state index contributed by atoms with van der Waals surface area (Å²) in [7, 11) is 0. The van der Waals surface area contributed by atoms with Crippen molar-refractivity contribution in [2.75, 3.05) is 13.2 Å². The zero-order chi connectivity index (χ0) is 12.1. The fourth-order valence-corrected chi connectivity index (χ4v) is 2.50. The first-order chi connectivity index (χ1) is 8.29. The van der Waals surface area contributed by atoms with Gasteiger partial charge in [0.25, 0.3) is 0 Å². The van der Waals surface area contributed by atoms with Gasteiger partial charge >= 0.3 is 0 Å². The standard InChI is InChI=1S/C14H19FO2/c15-13-5-7-14(8-6-13)17-10-12(9-16)11-3-1-2-4-11/h5-8,11-12,16H,1-4,9-10H2. The van der Waals surface area contributed by atoms with Gasteiger partial charge in [0.15, 0.2) is 0 Å². The van der Waals surface area contributed by atoms with Gasteiger partial charge in [-0.1, -0.05) is 12.8 Å². The molecule has 0 heterocycles. The molecular weight excluding hydrogens is 219 g/mol. The predicted molar refractivity (Wildman–Crippen MR) is 64.4 cm³/mol. The number of halogens is 1. The molecule has 0 saturated heterocycles. The number of hydrogen-bond donors (Lipinski definition) is 1. The molecule has 0 aliphatic heterocycles. The third-order valence-corrected chi connectivity index (χ3v) is 3.58. The molecule has 1 aliphatic rings. The zero-order valence-electron chi connectivity index (χ0n) is 9.94. The molecule has 0 aromatic heterocycles. The first-order valence-corrected chi connectivity index (χ1v) is 6.29. The Labute approximate surface area is 101 Å². The molecule has 1 aromatic carbocycles. The lowest BCUT2D eigenvalue weighted by atomic mass is 9.92. The number of benzene rings is 1. The van der Waals surface area contributed by atoms with Crippen LogP contribution in [0.4, 0.5) is 4.39 Å². The Kier molecular flexibility index (Phi) is 4.37. The van der Waals surface area contributed by atoms with Crippen LogP contribution in [0.2, 0.25) is 0 Å². The van der Waals surface area contributed by atoms with Crippen molar-refractivity contribution in [1.82, 2.24) is 0 Å². The maximum atomic E-state index is 12.7. The Balaban J connectivity index is 1.84. The normalized spacial score (nSPS) is 18.2. The molecule has 1 unspecified atom stereocenters. The monoisotopic (exact) mass is 238 g/mol. The highest BCUT2D eigenvalue weighted by atomic mass is 19.1. The minimum atomic E-state index is -0.258. The molecule has 1 aliphatic carbocycles. The smallest absolute Gasteiger partial charge is 0.123 e. The first kappa shape index (κ1) is 12.4. The molecule has 2 nitrogen and oxygen atoms in total. The second-order valence-electron chi connectivity index (χ2n) is 4.75. The van der Waals surface area contributed by atoms with E-state index >= 15 is 0 Å². The molecule has 1 aromatic rings. The summed E-state index contributed by atoms with van der Waals surface area (Å²) in [6, 6.07) is 6.02. The summed E-state index contributed by atoms with van der Waals surface area (Å²) in [5.41, 5.74) is 0. The van der Waals surface area contributed by atoms with Gasteiger partial charge < -0.3 is 9.84 Å². The summed E-state index contributed by atoms with van der Waals surface area (Å²) in [5.74, 6) is 1.21. The highest BCUT2D eigenvalue weighted by molar-refractivity contribution is 5.22. The summed E-state index contributed by atoms with van der Waals surface area (Å²) in [5, 5.41) is 9.37. The van der Waals surface area contributed by atoms with Crippen molar-refractivity contribution in [1.29, 1.82) is 0 Å². The van der Waals surface area contributed by atoms with Gasteiger partial charge in [-0.05, 0) is 43.0 Å². The van der Waals surface area contributed by atoms with Gasteiger partial charge in [-0.15, -0.1) is 0 Å². The molecule has 0 radical (unpaired) electrons. The summed E-state index contributed by atoms with van der Waals surface area (Å²) in [4.78, 5) is 0. The molecule has 2 rings (SSSR count). The van der Waals surface area contributed by atoms with E-state index in [4.69, 9.17) is 4.74 Å². The van der Waals surface area contributed by atoms with Crippen LogP contribution in [0.15, 0.2) is 24.3 Å². The Hall–Kier alpha value is -1.09. The number of hydrogen-bond acceptors (Lipinski definition) is 2. The van der Waals surface area contributed by atoms with Crippen LogP contribution in [0.1, 0.15) is 25.7 Å². The molecule has 1 atom stereocenters. The van der Waals surface area contributed by atoms with Crippen molar-refractivity contribution >= 4 is 0 Å². The van der Waals surface area contributed by atoms with Crippen LogP contribution in [0.25, 0.3) is 0 Å². The first-order valence-electron chi connectivity index (χ1n) is 6.29. The van der Waals surface area contributed by atoms with Gasteiger partial charge in [-0.3, -0.25) is 0 Å². The van der Waals surface area contributed by atoms with Gasteiger partial charge in [0, 0.05) is 12.5 Å². The van der Waals surface area contributed by atoms with Gasteiger partial charge in [-0.25, -0.2) is 4.39 Å². The van der Waals surface area contributed by atoms with E-state index in [1.165, 1.54) is 37.8 Å². The molecule has 17 heavy (non-hydrogen) atoms. The van der Waals surface area contributed by atoms with Crippen molar-refractivity contribution in [3.05, 3.63) is 30.1 Å².